The van der Waals surface area contributed by atoms with Gasteiger partial charge < -0.3 is 0 Å². The van der Waals surface area contributed by atoms with Gasteiger partial charge in [-0.15, -0.1) is 11.3 Å². The van der Waals surface area contributed by atoms with E-state index in [1.165, 1.54) is 10.4 Å². The topological polar surface area (TPSA) is 37.4 Å². The average Bonchev–Trinajstić information content (AvgIpc) is 3.03. The van der Waals surface area contributed by atoms with Gasteiger partial charge in [-0.25, -0.2) is 8.42 Å². The van der Waals surface area contributed by atoms with Gasteiger partial charge in [-0.1, -0.05) is 35.4 Å². The highest BCUT2D eigenvalue weighted by Crippen LogP contribution is 2.44. The Hall–Kier alpha value is -0.0700. The Labute approximate surface area is 126 Å². The molecule has 1 aromatic heterocycles. The molecule has 0 saturated heterocycles. The lowest BCUT2D eigenvalue weighted by atomic mass is 10.0. The SMILES string of the molecule is CN([C@@H]1C[C@H]2C=C[C@H]1C2)S(=O)(=O)c1cc(Cl)sc1Cl. The van der Waals surface area contributed by atoms with Gasteiger partial charge >= 0.3 is 0 Å². The minimum atomic E-state index is -3.56. The zero-order chi connectivity index (χ0) is 13.8. The van der Waals surface area contributed by atoms with Crippen LogP contribution in [0.3, 0.4) is 0 Å². The standard InChI is InChI=1S/C12H13Cl2NO2S2/c1-15(9-5-7-2-3-8(9)4-7)19(16,17)10-6-11(13)18-12(10)14/h2-3,6-9H,4-5H2,1H3/t7-,8-,9+/m0/s1. The Balaban J connectivity index is 1.92. The first-order chi connectivity index (χ1) is 8.89. The van der Waals surface area contributed by atoms with Crippen LogP contribution in [-0.4, -0.2) is 25.8 Å². The minimum Gasteiger partial charge on any atom is -0.207 e. The molecule has 1 aromatic rings. The molecular weight excluding hydrogens is 325 g/mol. The quantitative estimate of drug-likeness (QED) is 0.789. The number of nitrogens with zero attached hydrogens (tertiary/aromatic N) is 1. The first-order valence-corrected chi connectivity index (χ1v) is 9.02. The van der Waals surface area contributed by atoms with Gasteiger partial charge in [0.1, 0.15) is 9.23 Å². The molecule has 2 aliphatic rings. The minimum absolute atomic E-state index is 0.0368. The zero-order valence-electron chi connectivity index (χ0n) is 10.2. The summed E-state index contributed by atoms with van der Waals surface area (Å²) in [4.78, 5) is 0.124. The Kier molecular flexibility index (Phi) is 3.47. The molecule has 3 nitrogen and oxygen atoms in total. The Bertz CT molecular complexity index is 638. The normalized spacial score (nSPS) is 29.6. The number of halogens is 2. The lowest BCUT2D eigenvalue weighted by Gasteiger charge is -2.28. The van der Waals surface area contributed by atoms with Crippen molar-refractivity contribution in [1.29, 1.82) is 0 Å². The molecule has 0 unspecified atom stereocenters. The second-order valence-corrected chi connectivity index (χ2v) is 9.31. The summed E-state index contributed by atoms with van der Waals surface area (Å²) in [5.41, 5.74) is 0. The third-order valence-corrected chi connectivity index (χ3v) is 7.63. The molecule has 1 heterocycles. The number of thiophene rings is 1. The van der Waals surface area contributed by atoms with Gasteiger partial charge in [0.05, 0.1) is 4.34 Å². The van der Waals surface area contributed by atoms with Crippen molar-refractivity contribution in [2.45, 2.75) is 23.8 Å². The van der Waals surface area contributed by atoms with Crippen LogP contribution in [0.15, 0.2) is 23.1 Å². The molecule has 0 aliphatic heterocycles. The maximum Gasteiger partial charge on any atom is 0.245 e. The van der Waals surface area contributed by atoms with E-state index in [4.69, 9.17) is 23.2 Å². The van der Waals surface area contributed by atoms with Crippen molar-refractivity contribution in [1.82, 2.24) is 4.31 Å². The summed E-state index contributed by atoms with van der Waals surface area (Å²) in [5, 5.41) is 0. The van der Waals surface area contributed by atoms with Crippen molar-refractivity contribution in [2.75, 3.05) is 7.05 Å². The number of hydrogen-bond acceptors (Lipinski definition) is 3. The number of rotatable bonds is 3. The maximum atomic E-state index is 12.6. The molecule has 104 valence electrons. The van der Waals surface area contributed by atoms with E-state index in [2.05, 4.69) is 12.2 Å². The van der Waals surface area contributed by atoms with Crippen molar-refractivity contribution in [3.8, 4) is 0 Å². The molecule has 0 radical (unpaired) electrons. The summed E-state index contributed by atoms with van der Waals surface area (Å²) in [5.74, 6) is 0.854. The Morgan fingerprint density at radius 2 is 2.05 bits per heavy atom. The Morgan fingerprint density at radius 1 is 1.32 bits per heavy atom. The van der Waals surface area contributed by atoms with Crippen LogP contribution in [0.1, 0.15) is 12.8 Å². The van der Waals surface area contributed by atoms with E-state index in [1.54, 1.807) is 7.05 Å². The van der Waals surface area contributed by atoms with E-state index in [0.717, 1.165) is 24.2 Å². The first-order valence-electron chi connectivity index (χ1n) is 6.01. The fourth-order valence-electron chi connectivity index (χ4n) is 3.00. The van der Waals surface area contributed by atoms with Crippen molar-refractivity contribution >= 4 is 44.6 Å². The van der Waals surface area contributed by atoms with Gasteiger partial charge in [-0.3, -0.25) is 0 Å². The molecule has 3 atom stereocenters. The van der Waals surface area contributed by atoms with Gasteiger partial charge in [0.15, 0.2) is 0 Å². The van der Waals surface area contributed by atoms with Crippen LogP contribution in [0, 0.1) is 11.8 Å². The van der Waals surface area contributed by atoms with Crippen molar-refractivity contribution in [3.63, 3.8) is 0 Å². The van der Waals surface area contributed by atoms with Gasteiger partial charge in [0, 0.05) is 13.1 Å². The Morgan fingerprint density at radius 3 is 2.53 bits per heavy atom. The smallest absolute Gasteiger partial charge is 0.207 e. The van der Waals surface area contributed by atoms with E-state index in [0.29, 0.717) is 16.2 Å². The summed E-state index contributed by atoms with van der Waals surface area (Å²) in [6.45, 7) is 0. The van der Waals surface area contributed by atoms with Crippen LogP contribution < -0.4 is 0 Å². The average molecular weight is 338 g/mol. The predicted octanol–water partition coefficient (Wildman–Crippen LogP) is 3.64. The van der Waals surface area contributed by atoms with Gasteiger partial charge in [0.2, 0.25) is 10.0 Å². The van der Waals surface area contributed by atoms with Crippen LogP contribution in [0.25, 0.3) is 0 Å². The second-order valence-electron chi connectivity index (χ2n) is 5.06. The van der Waals surface area contributed by atoms with Crippen molar-refractivity contribution < 1.29 is 8.42 Å². The predicted molar refractivity (Wildman–Crippen MR) is 78.4 cm³/mol. The van der Waals surface area contributed by atoms with E-state index in [1.807, 2.05) is 0 Å². The van der Waals surface area contributed by atoms with Crippen LogP contribution in [-0.2, 0) is 10.0 Å². The van der Waals surface area contributed by atoms with Gasteiger partial charge in [-0.05, 0) is 30.7 Å². The van der Waals surface area contributed by atoms with Crippen molar-refractivity contribution in [2.24, 2.45) is 11.8 Å². The highest BCUT2D eigenvalue weighted by molar-refractivity contribution is 7.89. The van der Waals surface area contributed by atoms with Gasteiger partial charge in [0.25, 0.3) is 0 Å². The van der Waals surface area contributed by atoms with Crippen LogP contribution in [0.5, 0.6) is 0 Å². The monoisotopic (exact) mass is 337 g/mol. The number of sulfonamides is 1. The largest absolute Gasteiger partial charge is 0.245 e. The molecule has 2 bridgehead atoms. The molecule has 1 saturated carbocycles. The highest BCUT2D eigenvalue weighted by atomic mass is 35.5. The fourth-order valence-corrected chi connectivity index (χ4v) is 6.53. The molecule has 1 fully saturated rings. The highest BCUT2D eigenvalue weighted by Gasteiger charge is 2.42. The summed E-state index contributed by atoms with van der Waals surface area (Å²) >= 11 is 12.9. The first kappa shape index (κ1) is 13.9. The molecule has 19 heavy (non-hydrogen) atoms. The molecule has 0 aromatic carbocycles. The van der Waals surface area contributed by atoms with E-state index < -0.39 is 10.0 Å². The van der Waals surface area contributed by atoms with Gasteiger partial charge in [-0.2, -0.15) is 4.31 Å². The molecule has 0 N–H and O–H groups in total. The van der Waals surface area contributed by atoms with E-state index >= 15 is 0 Å². The summed E-state index contributed by atoms with van der Waals surface area (Å²) in [6, 6.07) is 1.47. The lowest BCUT2D eigenvalue weighted by Crippen LogP contribution is -2.39. The molecule has 7 heteroatoms. The van der Waals surface area contributed by atoms with E-state index in [9.17, 15) is 8.42 Å². The lowest BCUT2D eigenvalue weighted by molar-refractivity contribution is 0.327. The third kappa shape index (κ3) is 2.25. The number of fused-ring (bicyclic) bond motifs is 2. The molecular formula is C12H13Cl2NO2S2. The number of hydrogen-bond donors (Lipinski definition) is 0. The zero-order valence-corrected chi connectivity index (χ0v) is 13.4. The maximum absolute atomic E-state index is 12.6. The molecule has 3 rings (SSSR count). The summed E-state index contributed by atoms with van der Waals surface area (Å²) in [6.07, 6.45) is 6.28. The number of allylic oxidation sites excluding steroid dienone is 1. The summed E-state index contributed by atoms with van der Waals surface area (Å²) < 4.78 is 27.3. The van der Waals surface area contributed by atoms with Crippen molar-refractivity contribution in [3.05, 3.63) is 26.9 Å². The van der Waals surface area contributed by atoms with Crippen LogP contribution >= 0.6 is 34.5 Å². The van der Waals surface area contributed by atoms with E-state index in [-0.39, 0.29) is 15.3 Å². The molecule has 0 spiro atoms. The summed E-state index contributed by atoms with van der Waals surface area (Å²) in [7, 11) is -1.93. The van der Waals surface area contributed by atoms with Crippen LogP contribution in [0.2, 0.25) is 8.67 Å². The van der Waals surface area contributed by atoms with Crippen LogP contribution in [0.4, 0.5) is 0 Å². The second kappa shape index (κ2) is 4.74. The fraction of sp³-hybridized carbons (Fsp3) is 0.500. The third-order valence-electron chi connectivity index (χ3n) is 3.99. The molecule has 0 amide bonds. The molecule has 2 aliphatic carbocycles.